The summed E-state index contributed by atoms with van der Waals surface area (Å²) in [5, 5.41) is 5.74. The fourth-order valence-corrected chi connectivity index (χ4v) is 6.37. The molecule has 0 bridgehead atoms. The topological polar surface area (TPSA) is 139 Å². The molecule has 1 unspecified atom stereocenters. The van der Waals surface area contributed by atoms with E-state index in [-0.39, 0.29) is 22.9 Å². The molecule has 0 saturated carbocycles. The Labute approximate surface area is 268 Å². The molecule has 1 aromatic heterocycles. The molecule has 4 N–H and O–H groups in total. The molecule has 248 valence electrons. The Morgan fingerprint density at radius 2 is 1.66 bits per heavy atom. The van der Waals surface area contributed by atoms with Crippen LogP contribution in [0.1, 0.15) is 28.4 Å². The number of nitrogens with zero attached hydrogens (tertiary/aromatic N) is 3. The van der Waals surface area contributed by atoms with E-state index in [0.29, 0.717) is 59.6 Å². The molecule has 0 spiro atoms. The molecule has 0 radical (unpaired) electrons. The lowest BCUT2D eigenvalue weighted by atomic mass is 9.96. The molecular weight excluding hydrogens is 640 g/mol. The van der Waals surface area contributed by atoms with Crippen molar-refractivity contribution in [2.45, 2.75) is 25.7 Å². The van der Waals surface area contributed by atoms with Crippen molar-refractivity contribution in [2.75, 3.05) is 45.9 Å². The van der Waals surface area contributed by atoms with Gasteiger partial charge >= 0.3 is 6.18 Å². The summed E-state index contributed by atoms with van der Waals surface area (Å²) < 4.78 is 78.5. The van der Waals surface area contributed by atoms with Gasteiger partial charge in [0.2, 0.25) is 5.67 Å². The van der Waals surface area contributed by atoms with E-state index in [0.717, 1.165) is 24.3 Å². The van der Waals surface area contributed by atoms with Crippen LogP contribution in [0.25, 0.3) is 11.3 Å². The zero-order chi connectivity index (χ0) is 34.3. The number of benzene rings is 3. The Kier molecular flexibility index (Phi) is 8.79. The van der Waals surface area contributed by atoms with E-state index >= 15 is 0 Å². The smallest absolute Gasteiger partial charge is 0.397 e. The van der Waals surface area contributed by atoms with Crippen LogP contribution in [-0.2, 0) is 22.6 Å². The lowest BCUT2D eigenvalue weighted by Crippen LogP contribution is -2.40. The number of hydrogen-bond donors (Lipinski definition) is 3. The molecule has 0 aliphatic carbocycles. The average molecular weight is 673 g/mol. The summed E-state index contributed by atoms with van der Waals surface area (Å²) in [6, 6.07) is 14.3. The summed E-state index contributed by atoms with van der Waals surface area (Å²) in [5.74, 6) is -0.523. The van der Waals surface area contributed by atoms with Crippen molar-refractivity contribution in [1.29, 1.82) is 0 Å². The summed E-state index contributed by atoms with van der Waals surface area (Å²) in [4.78, 5) is 32.4. The van der Waals surface area contributed by atoms with Gasteiger partial charge in [-0.25, -0.2) is 17.8 Å². The quantitative estimate of drug-likeness (QED) is 0.177. The molecule has 1 aliphatic heterocycles. The minimum atomic E-state index is -5.11. The molecule has 2 heterocycles. The molecule has 1 amide bonds. The zero-order valence-electron chi connectivity index (χ0n) is 25.7. The van der Waals surface area contributed by atoms with Crippen LogP contribution in [0.3, 0.4) is 0 Å². The van der Waals surface area contributed by atoms with Gasteiger partial charge in [0.25, 0.3) is 11.5 Å². The monoisotopic (exact) mass is 672 g/mol. The first-order valence-electron chi connectivity index (χ1n) is 14.4. The number of amides is 1. The van der Waals surface area contributed by atoms with Crippen molar-refractivity contribution in [3.8, 4) is 11.3 Å². The van der Waals surface area contributed by atoms with Gasteiger partial charge in [0, 0.05) is 48.8 Å². The van der Waals surface area contributed by atoms with Gasteiger partial charge in [0.05, 0.1) is 28.6 Å². The summed E-state index contributed by atoms with van der Waals surface area (Å²) in [5.41, 5.74) is 5.27. The molecular formula is C32H32F4N6O4S. The maximum absolute atomic E-state index is 14.3. The Balaban J connectivity index is 1.36. The van der Waals surface area contributed by atoms with Crippen LogP contribution < -0.4 is 26.8 Å². The van der Waals surface area contributed by atoms with E-state index in [1.54, 1.807) is 50.4 Å². The second-order valence-corrected chi connectivity index (χ2v) is 13.7. The second kappa shape index (κ2) is 12.4. The molecule has 1 atom stereocenters. The van der Waals surface area contributed by atoms with Crippen molar-refractivity contribution in [1.82, 2.24) is 9.55 Å². The molecule has 3 aromatic carbocycles. The van der Waals surface area contributed by atoms with Crippen LogP contribution in [0, 0.1) is 6.92 Å². The molecule has 15 heteroatoms. The lowest BCUT2D eigenvalue weighted by Gasteiger charge is -2.30. The lowest BCUT2D eigenvalue weighted by molar-refractivity contribution is -0.228. The number of carbonyl (C=O) groups is 1. The highest BCUT2D eigenvalue weighted by Gasteiger charge is 2.53. The third-order valence-electron chi connectivity index (χ3n) is 8.13. The van der Waals surface area contributed by atoms with E-state index < -0.39 is 38.7 Å². The molecule has 1 aliphatic rings. The highest BCUT2D eigenvalue weighted by atomic mass is 32.2. The van der Waals surface area contributed by atoms with Crippen molar-refractivity contribution >= 4 is 44.3 Å². The van der Waals surface area contributed by atoms with Crippen molar-refractivity contribution in [3.05, 3.63) is 93.9 Å². The Bertz CT molecular complexity index is 2000. The highest BCUT2D eigenvalue weighted by Crippen LogP contribution is 2.42. The minimum Gasteiger partial charge on any atom is -0.397 e. The maximum Gasteiger partial charge on any atom is 0.426 e. The number of carbonyl (C=O) groups excluding carboxylic acids is 1. The van der Waals surface area contributed by atoms with Crippen LogP contribution in [0.2, 0.25) is 0 Å². The van der Waals surface area contributed by atoms with Gasteiger partial charge in [-0.1, -0.05) is 24.3 Å². The molecule has 1 saturated heterocycles. The number of aromatic nitrogens is 2. The summed E-state index contributed by atoms with van der Waals surface area (Å²) in [7, 11) is -1.50. The average Bonchev–Trinajstić information content (AvgIpc) is 3.00. The van der Waals surface area contributed by atoms with E-state index in [1.165, 1.54) is 10.8 Å². The molecule has 10 nitrogen and oxygen atoms in total. The number of halogens is 4. The Hall–Kier alpha value is -4.92. The largest absolute Gasteiger partial charge is 0.426 e. The molecule has 5 rings (SSSR count). The zero-order valence-corrected chi connectivity index (χ0v) is 26.5. The number of alkyl halides is 4. The van der Waals surface area contributed by atoms with Gasteiger partial charge in [-0.15, -0.1) is 0 Å². The van der Waals surface area contributed by atoms with E-state index in [9.17, 15) is 35.6 Å². The van der Waals surface area contributed by atoms with E-state index in [1.807, 2.05) is 4.90 Å². The Morgan fingerprint density at radius 3 is 2.28 bits per heavy atom. The van der Waals surface area contributed by atoms with Gasteiger partial charge in [0.15, 0.2) is 15.7 Å². The number of nitrogens with two attached hydrogens (primary N) is 1. The normalized spacial score (nSPS) is 15.9. The van der Waals surface area contributed by atoms with E-state index in [2.05, 4.69) is 15.6 Å². The fraction of sp³-hybridized carbons (Fsp3) is 0.281. The minimum absolute atomic E-state index is 0.00821. The van der Waals surface area contributed by atoms with Crippen molar-refractivity contribution in [3.63, 3.8) is 0 Å². The van der Waals surface area contributed by atoms with Crippen molar-refractivity contribution in [2.24, 2.45) is 7.05 Å². The molecule has 1 fully saturated rings. The number of nitrogen functional groups attached to an aromatic ring is 1. The first-order chi connectivity index (χ1) is 22.0. The summed E-state index contributed by atoms with van der Waals surface area (Å²) >= 11 is 0. The van der Waals surface area contributed by atoms with E-state index in [4.69, 9.17) is 5.73 Å². The second-order valence-electron chi connectivity index (χ2n) is 11.4. The fourth-order valence-electron chi connectivity index (χ4n) is 5.17. The van der Waals surface area contributed by atoms with Crippen molar-refractivity contribution < 1.29 is 30.8 Å². The van der Waals surface area contributed by atoms with Gasteiger partial charge in [-0.05, 0) is 61.4 Å². The van der Waals surface area contributed by atoms with Gasteiger partial charge in [-0.2, -0.15) is 13.2 Å². The number of rotatable bonds is 7. The third-order valence-corrected chi connectivity index (χ3v) is 9.74. The number of sulfone groups is 1. The summed E-state index contributed by atoms with van der Waals surface area (Å²) in [6.07, 6.45) is -3.57. The molecule has 47 heavy (non-hydrogen) atoms. The van der Waals surface area contributed by atoms with Gasteiger partial charge < -0.3 is 25.8 Å². The van der Waals surface area contributed by atoms with Gasteiger partial charge in [0.1, 0.15) is 0 Å². The molecule has 4 aromatic rings. The number of nitrogens with one attached hydrogen (secondary N) is 2. The van der Waals surface area contributed by atoms with Crippen LogP contribution in [0.5, 0.6) is 0 Å². The first-order valence-corrected chi connectivity index (χ1v) is 16.3. The third kappa shape index (κ3) is 6.94. The number of anilines is 5. The maximum atomic E-state index is 14.3. The van der Waals surface area contributed by atoms with Crippen LogP contribution >= 0.6 is 0 Å². The van der Waals surface area contributed by atoms with Crippen LogP contribution in [-0.4, -0.2) is 54.6 Å². The highest BCUT2D eigenvalue weighted by molar-refractivity contribution is 7.91. The van der Waals surface area contributed by atoms with Crippen LogP contribution in [0.15, 0.2) is 71.7 Å². The first kappa shape index (κ1) is 33.4. The SMILES string of the molecule is Cc1c(NC(=O)c2ccc(C(C)(F)C(F)(F)F)cc2)cccc1-c1cn(C)c(=O)c(Nc2ccc(N3CCS(=O)(=O)CC3)c(N)c2)n1. The van der Waals surface area contributed by atoms with Gasteiger partial charge in [-0.3, -0.25) is 9.59 Å². The van der Waals surface area contributed by atoms with Crippen LogP contribution in [0.4, 0.5) is 46.1 Å². The predicted octanol–water partition coefficient (Wildman–Crippen LogP) is 5.32. The summed E-state index contributed by atoms with van der Waals surface area (Å²) in [6.45, 7) is 2.81. The standard InChI is InChI=1S/C32H32F4N6O4S/c1-19-23(5-4-6-25(19)40-29(43)20-7-9-21(10-8-20)31(2,33)32(34,35)36)26-18-41(3)30(44)28(39-26)38-22-11-12-27(24(37)17-22)42-13-15-47(45,46)16-14-42/h4-12,17-18H,13-16,37H2,1-3H3,(H,38,39)(H,40,43). The number of hydrogen-bond acceptors (Lipinski definition) is 8. The predicted molar refractivity (Wildman–Crippen MR) is 174 cm³/mol. The number of aryl methyl sites for hydroxylation is 1. The Morgan fingerprint density at radius 1 is 1.00 bits per heavy atom.